The standard InChI is InChI=1S/C13H13NO5S/c1-8(15)12-7-11(14(16)17)13(20-12)19-10-5-3-4-9(6-10)18-2/h3-8,15H,1-2H3/t8-/m0/s1. The topological polar surface area (TPSA) is 81.8 Å². The molecule has 20 heavy (non-hydrogen) atoms. The van der Waals surface area contributed by atoms with Crippen molar-refractivity contribution in [1.82, 2.24) is 0 Å². The van der Waals surface area contributed by atoms with Crippen molar-refractivity contribution in [3.63, 3.8) is 0 Å². The van der Waals surface area contributed by atoms with Crippen molar-refractivity contribution >= 4 is 17.0 Å². The average Bonchev–Trinajstić information content (AvgIpc) is 2.83. The number of rotatable bonds is 5. The van der Waals surface area contributed by atoms with Gasteiger partial charge >= 0.3 is 5.69 Å². The number of thiophene rings is 1. The predicted octanol–water partition coefficient (Wildman–Crippen LogP) is 3.51. The number of aliphatic hydroxyl groups is 1. The Hall–Kier alpha value is -2.12. The monoisotopic (exact) mass is 295 g/mol. The van der Waals surface area contributed by atoms with Gasteiger partial charge in [0.25, 0.3) is 5.06 Å². The largest absolute Gasteiger partial charge is 0.497 e. The highest BCUT2D eigenvalue weighted by molar-refractivity contribution is 7.14. The first-order valence-electron chi connectivity index (χ1n) is 5.79. The molecule has 0 radical (unpaired) electrons. The Morgan fingerprint density at radius 1 is 1.35 bits per heavy atom. The Kier molecular flexibility index (Phi) is 4.21. The third kappa shape index (κ3) is 3.06. The van der Waals surface area contributed by atoms with E-state index in [-0.39, 0.29) is 10.8 Å². The smallest absolute Gasteiger partial charge is 0.323 e. The lowest BCUT2D eigenvalue weighted by Gasteiger charge is -2.05. The molecular weight excluding hydrogens is 282 g/mol. The van der Waals surface area contributed by atoms with E-state index in [1.165, 1.54) is 13.2 Å². The summed E-state index contributed by atoms with van der Waals surface area (Å²) in [5.41, 5.74) is -0.159. The SMILES string of the molecule is COc1cccc(Oc2sc([C@H](C)O)cc2[N+](=O)[O-])c1. The van der Waals surface area contributed by atoms with Gasteiger partial charge in [-0.15, -0.1) is 0 Å². The molecule has 106 valence electrons. The van der Waals surface area contributed by atoms with Crippen LogP contribution in [0.4, 0.5) is 5.69 Å². The summed E-state index contributed by atoms with van der Waals surface area (Å²) in [6.45, 7) is 1.55. The molecule has 1 N–H and O–H groups in total. The van der Waals surface area contributed by atoms with Crippen molar-refractivity contribution in [2.45, 2.75) is 13.0 Å². The van der Waals surface area contributed by atoms with Crippen molar-refractivity contribution < 1.29 is 19.5 Å². The number of methoxy groups -OCH3 is 1. The maximum absolute atomic E-state index is 11.0. The molecule has 1 heterocycles. The molecule has 0 fully saturated rings. The summed E-state index contributed by atoms with van der Waals surface area (Å²) in [5, 5.41) is 20.6. The third-order valence-electron chi connectivity index (χ3n) is 2.56. The summed E-state index contributed by atoms with van der Waals surface area (Å²) in [6.07, 6.45) is -0.777. The number of hydrogen-bond donors (Lipinski definition) is 1. The molecule has 6 nitrogen and oxygen atoms in total. The van der Waals surface area contributed by atoms with Gasteiger partial charge in [0, 0.05) is 17.0 Å². The summed E-state index contributed by atoms with van der Waals surface area (Å²) < 4.78 is 10.6. The number of hydrogen-bond acceptors (Lipinski definition) is 6. The van der Waals surface area contributed by atoms with E-state index in [1.807, 2.05) is 0 Å². The van der Waals surface area contributed by atoms with Crippen LogP contribution in [-0.2, 0) is 0 Å². The zero-order valence-corrected chi connectivity index (χ0v) is 11.7. The summed E-state index contributed by atoms with van der Waals surface area (Å²) in [7, 11) is 1.53. The van der Waals surface area contributed by atoms with E-state index in [1.54, 1.807) is 31.2 Å². The second-order valence-electron chi connectivity index (χ2n) is 4.04. The average molecular weight is 295 g/mol. The lowest BCUT2D eigenvalue weighted by molar-refractivity contribution is -0.385. The van der Waals surface area contributed by atoms with Crippen LogP contribution in [0.25, 0.3) is 0 Å². The molecule has 0 saturated carbocycles. The van der Waals surface area contributed by atoms with Crippen molar-refractivity contribution in [2.24, 2.45) is 0 Å². The Morgan fingerprint density at radius 3 is 2.65 bits per heavy atom. The lowest BCUT2D eigenvalue weighted by atomic mass is 10.3. The molecule has 7 heteroatoms. The van der Waals surface area contributed by atoms with Crippen LogP contribution in [-0.4, -0.2) is 17.1 Å². The van der Waals surface area contributed by atoms with Gasteiger partial charge in [-0.05, 0) is 19.1 Å². The van der Waals surface area contributed by atoms with Crippen LogP contribution < -0.4 is 9.47 Å². The number of benzene rings is 1. The lowest BCUT2D eigenvalue weighted by Crippen LogP contribution is -1.90. The Labute approximate surface area is 119 Å². The number of ether oxygens (including phenoxy) is 2. The number of aliphatic hydroxyl groups excluding tert-OH is 1. The third-order valence-corrected chi connectivity index (χ3v) is 3.73. The van der Waals surface area contributed by atoms with Gasteiger partial charge in [0.2, 0.25) is 0 Å². The first-order chi connectivity index (χ1) is 9.51. The summed E-state index contributed by atoms with van der Waals surface area (Å²) in [5.74, 6) is 1.03. The fourth-order valence-electron chi connectivity index (χ4n) is 1.56. The Balaban J connectivity index is 2.34. The Bertz CT molecular complexity index is 623. The van der Waals surface area contributed by atoms with Crippen molar-refractivity contribution in [3.05, 3.63) is 45.3 Å². The van der Waals surface area contributed by atoms with Gasteiger partial charge in [-0.1, -0.05) is 17.4 Å². The molecule has 0 spiro atoms. The molecule has 0 aliphatic carbocycles. The second-order valence-corrected chi connectivity index (χ2v) is 5.08. The zero-order chi connectivity index (χ0) is 14.7. The molecule has 1 aromatic carbocycles. The van der Waals surface area contributed by atoms with E-state index < -0.39 is 11.0 Å². The van der Waals surface area contributed by atoms with Crippen LogP contribution in [0.2, 0.25) is 0 Å². The van der Waals surface area contributed by atoms with Crippen LogP contribution in [0.5, 0.6) is 16.6 Å². The maximum atomic E-state index is 11.0. The van der Waals surface area contributed by atoms with Gasteiger partial charge < -0.3 is 14.6 Å². The maximum Gasteiger partial charge on any atom is 0.323 e. The Morgan fingerprint density at radius 2 is 2.05 bits per heavy atom. The van der Waals surface area contributed by atoms with Crippen LogP contribution >= 0.6 is 11.3 Å². The van der Waals surface area contributed by atoms with Crippen LogP contribution in [0.15, 0.2) is 30.3 Å². The summed E-state index contributed by atoms with van der Waals surface area (Å²) in [6, 6.07) is 8.10. The van der Waals surface area contributed by atoms with Gasteiger partial charge in [0.05, 0.1) is 18.1 Å². The molecule has 2 rings (SSSR count). The molecule has 0 aliphatic heterocycles. The van der Waals surface area contributed by atoms with Gasteiger partial charge in [-0.25, -0.2) is 0 Å². The van der Waals surface area contributed by atoms with E-state index in [9.17, 15) is 15.2 Å². The van der Waals surface area contributed by atoms with Crippen LogP contribution in [0, 0.1) is 10.1 Å². The van der Waals surface area contributed by atoms with Gasteiger partial charge in [-0.3, -0.25) is 10.1 Å². The molecule has 0 saturated heterocycles. The summed E-state index contributed by atoms with van der Waals surface area (Å²) >= 11 is 1.05. The van der Waals surface area contributed by atoms with Gasteiger partial charge in [-0.2, -0.15) is 0 Å². The normalized spacial score (nSPS) is 11.9. The van der Waals surface area contributed by atoms with E-state index in [4.69, 9.17) is 9.47 Å². The fraction of sp³-hybridized carbons (Fsp3) is 0.231. The van der Waals surface area contributed by atoms with Crippen molar-refractivity contribution in [2.75, 3.05) is 7.11 Å². The highest BCUT2D eigenvalue weighted by atomic mass is 32.1. The molecule has 0 bridgehead atoms. The molecular formula is C13H13NO5S. The van der Waals surface area contributed by atoms with Crippen molar-refractivity contribution in [1.29, 1.82) is 0 Å². The highest BCUT2D eigenvalue weighted by Gasteiger charge is 2.23. The first-order valence-corrected chi connectivity index (χ1v) is 6.61. The molecule has 1 atom stereocenters. The van der Waals surface area contributed by atoms with Gasteiger partial charge in [0.15, 0.2) is 0 Å². The van der Waals surface area contributed by atoms with Crippen LogP contribution in [0.1, 0.15) is 17.9 Å². The minimum atomic E-state index is -0.777. The van der Waals surface area contributed by atoms with E-state index >= 15 is 0 Å². The minimum absolute atomic E-state index is 0.138. The van der Waals surface area contributed by atoms with Crippen LogP contribution in [0.3, 0.4) is 0 Å². The highest BCUT2D eigenvalue weighted by Crippen LogP contribution is 2.42. The second kappa shape index (κ2) is 5.89. The minimum Gasteiger partial charge on any atom is -0.497 e. The van der Waals surface area contributed by atoms with E-state index in [2.05, 4.69) is 0 Å². The molecule has 1 aromatic heterocycles. The van der Waals surface area contributed by atoms with Gasteiger partial charge in [0.1, 0.15) is 11.5 Å². The van der Waals surface area contributed by atoms with E-state index in [0.717, 1.165) is 11.3 Å². The molecule has 0 unspecified atom stereocenters. The molecule has 0 aliphatic rings. The van der Waals surface area contributed by atoms with Crippen molar-refractivity contribution in [3.8, 4) is 16.6 Å². The molecule has 2 aromatic rings. The molecule has 0 amide bonds. The number of nitro groups is 1. The zero-order valence-electron chi connectivity index (χ0n) is 10.9. The van der Waals surface area contributed by atoms with E-state index in [0.29, 0.717) is 16.4 Å². The quantitative estimate of drug-likeness (QED) is 0.674. The predicted molar refractivity (Wildman–Crippen MR) is 74.7 cm³/mol. The fourth-order valence-corrected chi connectivity index (χ4v) is 2.49. The number of nitrogens with zero attached hydrogens (tertiary/aromatic N) is 1. The summed E-state index contributed by atoms with van der Waals surface area (Å²) in [4.78, 5) is 10.9. The first kappa shape index (κ1) is 14.3.